The first-order valence-electron chi connectivity index (χ1n) is 7.94. The van der Waals surface area contributed by atoms with Gasteiger partial charge in [-0.05, 0) is 43.3 Å². The van der Waals surface area contributed by atoms with E-state index in [9.17, 15) is 27.7 Å². The molecule has 1 amide bonds. The molecule has 1 unspecified atom stereocenters. The molecule has 2 aromatic rings. The topological polar surface area (TPSA) is 155 Å². The number of carbonyl (C=O) groups excluding carboxylic acids is 2. The fourth-order valence-corrected chi connectivity index (χ4v) is 3.20. The van der Waals surface area contributed by atoms with Gasteiger partial charge in [-0.15, -0.1) is 0 Å². The van der Waals surface area contributed by atoms with Gasteiger partial charge in [0.25, 0.3) is 5.91 Å². The van der Waals surface area contributed by atoms with Crippen LogP contribution in [0.5, 0.6) is 0 Å². The number of carbonyl (C=O) groups is 2. The molecule has 0 radical (unpaired) electrons. The molecule has 0 bridgehead atoms. The molecule has 0 N–H and O–H groups in total. The summed E-state index contributed by atoms with van der Waals surface area (Å²) in [4.78, 5) is 23.1. The monoisotopic (exact) mass is 480 g/mol. The van der Waals surface area contributed by atoms with Crippen molar-refractivity contribution in [2.75, 3.05) is 5.01 Å². The van der Waals surface area contributed by atoms with Crippen LogP contribution in [-0.2, 0) is 14.9 Å². The number of amides is 1. The summed E-state index contributed by atoms with van der Waals surface area (Å²) < 4.78 is 33.2. The first-order chi connectivity index (χ1) is 13.6. The number of hydrogen-bond acceptors (Lipinski definition) is 9. The molecule has 1 aliphatic heterocycles. The van der Waals surface area contributed by atoms with E-state index in [1.807, 2.05) is 0 Å². The summed E-state index contributed by atoms with van der Waals surface area (Å²) >= 11 is 5.92. The number of azo groups is 1. The minimum Gasteiger partial charge on any atom is -0.744 e. The average Bonchev–Trinajstić information content (AvgIpc) is 2.93. The predicted molar refractivity (Wildman–Crippen MR) is 99.1 cm³/mol. The van der Waals surface area contributed by atoms with E-state index in [4.69, 9.17) is 11.6 Å². The maximum Gasteiger partial charge on any atom is 1.00 e. The van der Waals surface area contributed by atoms with Crippen molar-refractivity contribution in [3.63, 3.8) is 0 Å². The number of nitrogens with zero attached hydrogens (tertiary/aromatic N) is 4. The van der Waals surface area contributed by atoms with E-state index in [1.165, 1.54) is 6.07 Å². The molecule has 0 saturated heterocycles. The Labute approximate surface area is 226 Å². The van der Waals surface area contributed by atoms with E-state index in [-0.39, 0.29) is 64.8 Å². The smallest absolute Gasteiger partial charge is 0.744 e. The molecule has 14 heteroatoms. The Bertz CT molecular complexity index is 1190. The number of carboxylic acid groups (broad SMARTS) is 1. The molecule has 0 saturated carbocycles. The molecule has 150 valence electrons. The standard InChI is InChI=1S/C17H13ClN4O6S.2Na/c1-9-15(16(23)22(21-9)11-4-2-3-10(18)7-11)20-19-14-6-5-12(29(26,27)28)8-13(14)17(24)25;;/h2-8,15H,1H3,(H,24,25)(H,26,27,28);;/q;2*+1/p-2. The normalized spacial score (nSPS) is 16.0. The zero-order chi connectivity index (χ0) is 21.3. The summed E-state index contributed by atoms with van der Waals surface area (Å²) in [5, 5.41) is 24.5. The number of rotatable bonds is 5. The van der Waals surface area contributed by atoms with Gasteiger partial charge >= 0.3 is 59.1 Å². The molecule has 1 atom stereocenters. The molecule has 0 spiro atoms. The Morgan fingerprint density at radius 1 is 1.19 bits per heavy atom. The molecule has 0 fully saturated rings. The van der Waals surface area contributed by atoms with Gasteiger partial charge in [0.1, 0.15) is 10.1 Å². The largest absolute Gasteiger partial charge is 1.00 e. The number of carboxylic acids is 1. The minimum atomic E-state index is -4.87. The van der Waals surface area contributed by atoms with E-state index >= 15 is 0 Å². The van der Waals surface area contributed by atoms with Crippen molar-refractivity contribution in [1.82, 2.24) is 0 Å². The van der Waals surface area contributed by atoms with Crippen molar-refractivity contribution in [3.8, 4) is 0 Å². The number of hydrazone groups is 1. The van der Waals surface area contributed by atoms with Crippen molar-refractivity contribution in [2.24, 2.45) is 15.3 Å². The van der Waals surface area contributed by atoms with Gasteiger partial charge in [-0.1, -0.05) is 17.7 Å². The van der Waals surface area contributed by atoms with Crippen LogP contribution >= 0.6 is 11.6 Å². The van der Waals surface area contributed by atoms with Crippen molar-refractivity contribution in [1.29, 1.82) is 0 Å². The number of hydrogen-bond donors (Lipinski definition) is 0. The molecule has 10 nitrogen and oxygen atoms in total. The molecule has 0 aliphatic carbocycles. The fraction of sp³-hybridized carbons (Fsp3) is 0.118. The Hall–Kier alpha value is -1.15. The molecule has 3 rings (SSSR count). The van der Waals surface area contributed by atoms with Crippen LogP contribution in [0.4, 0.5) is 11.4 Å². The zero-order valence-corrected chi connectivity index (χ0v) is 22.2. The average molecular weight is 481 g/mol. The van der Waals surface area contributed by atoms with Crippen LogP contribution < -0.4 is 69.2 Å². The summed E-state index contributed by atoms with van der Waals surface area (Å²) in [6.45, 7) is 1.54. The first kappa shape index (κ1) is 27.9. The molecule has 0 aromatic heterocycles. The molecule has 31 heavy (non-hydrogen) atoms. The minimum absolute atomic E-state index is 0. The Morgan fingerprint density at radius 2 is 1.87 bits per heavy atom. The fourth-order valence-electron chi connectivity index (χ4n) is 2.52. The van der Waals surface area contributed by atoms with Gasteiger partial charge in [0, 0.05) is 10.6 Å². The van der Waals surface area contributed by atoms with Gasteiger partial charge in [-0.25, -0.2) is 8.42 Å². The van der Waals surface area contributed by atoms with E-state index in [0.29, 0.717) is 22.5 Å². The van der Waals surface area contributed by atoms with E-state index < -0.39 is 38.5 Å². The number of anilines is 1. The van der Waals surface area contributed by atoms with Crippen molar-refractivity contribution < 1.29 is 86.8 Å². The summed E-state index contributed by atoms with van der Waals surface area (Å²) in [7, 11) is -4.87. The van der Waals surface area contributed by atoms with Crippen LogP contribution in [0.25, 0.3) is 0 Å². The summed E-state index contributed by atoms with van der Waals surface area (Å²) in [5.41, 5.74) is -0.218. The Kier molecular flexibility index (Phi) is 10.0. The molecular weight excluding hydrogens is 470 g/mol. The zero-order valence-electron chi connectivity index (χ0n) is 16.6. The first-order valence-corrected chi connectivity index (χ1v) is 9.73. The van der Waals surface area contributed by atoms with Gasteiger partial charge in [0.05, 0.1) is 28.0 Å². The van der Waals surface area contributed by atoms with E-state index in [0.717, 1.165) is 17.1 Å². The SMILES string of the molecule is CC1=NN(c2cccc(Cl)c2)C(=O)C1N=Nc1ccc(S(=O)(=O)[O-])cc1C(=O)[O-].[Na+].[Na+]. The van der Waals surface area contributed by atoms with Crippen molar-refractivity contribution in [3.05, 3.63) is 53.1 Å². The van der Waals surface area contributed by atoms with Crippen LogP contribution in [0, 0.1) is 0 Å². The van der Waals surface area contributed by atoms with Crippen molar-refractivity contribution in [2.45, 2.75) is 17.9 Å². The molecule has 2 aromatic carbocycles. The number of aromatic carboxylic acids is 1. The second kappa shape index (κ2) is 11.1. The summed E-state index contributed by atoms with van der Waals surface area (Å²) in [6, 6.07) is 7.81. The number of benzene rings is 2. The Balaban J connectivity index is 0.00000240. The van der Waals surface area contributed by atoms with Crippen LogP contribution in [0.2, 0.25) is 5.02 Å². The quantitative estimate of drug-likeness (QED) is 0.238. The van der Waals surface area contributed by atoms with Gasteiger partial charge in [-0.3, -0.25) is 4.79 Å². The van der Waals surface area contributed by atoms with Crippen LogP contribution in [0.3, 0.4) is 0 Å². The maximum atomic E-state index is 12.6. The van der Waals surface area contributed by atoms with E-state index in [2.05, 4.69) is 15.3 Å². The third kappa shape index (κ3) is 6.44. The third-order valence-corrected chi connectivity index (χ3v) is 4.97. The molecular formula is C17H11ClN4Na2O6S. The second-order valence-electron chi connectivity index (χ2n) is 5.91. The van der Waals surface area contributed by atoms with Crippen LogP contribution in [-0.4, -0.2) is 36.6 Å². The maximum absolute atomic E-state index is 12.6. The predicted octanol–water partition coefficient (Wildman–Crippen LogP) is -4.51. The molecule has 1 aliphatic rings. The van der Waals surface area contributed by atoms with Crippen LogP contribution in [0.1, 0.15) is 17.3 Å². The number of halogens is 1. The van der Waals surface area contributed by atoms with Gasteiger partial charge < -0.3 is 14.5 Å². The summed E-state index contributed by atoms with van der Waals surface area (Å²) in [6.07, 6.45) is 0. The molecule has 1 heterocycles. The van der Waals surface area contributed by atoms with Gasteiger partial charge in [0.2, 0.25) is 0 Å². The van der Waals surface area contributed by atoms with Gasteiger partial charge in [0.15, 0.2) is 6.04 Å². The van der Waals surface area contributed by atoms with Crippen LogP contribution in [0.15, 0.2) is 62.7 Å². The van der Waals surface area contributed by atoms with E-state index in [1.54, 1.807) is 25.1 Å². The summed E-state index contributed by atoms with van der Waals surface area (Å²) in [5.74, 6) is -2.30. The van der Waals surface area contributed by atoms with Crippen molar-refractivity contribution >= 4 is 50.7 Å². The van der Waals surface area contributed by atoms with Gasteiger partial charge in [-0.2, -0.15) is 20.3 Å². The third-order valence-electron chi connectivity index (χ3n) is 3.91. The Morgan fingerprint density at radius 3 is 2.45 bits per heavy atom. The second-order valence-corrected chi connectivity index (χ2v) is 7.73.